The van der Waals surface area contributed by atoms with Gasteiger partial charge in [0.1, 0.15) is 0 Å². The molecule has 0 radical (unpaired) electrons. The summed E-state index contributed by atoms with van der Waals surface area (Å²) in [6, 6.07) is 7.44. The Balaban J connectivity index is 2.06. The van der Waals surface area contributed by atoms with E-state index in [1.54, 1.807) is 0 Å². The molecule has 0 spiro atoms. The van der Waals surface area contributed by atoms with Crippen molar-refractivity contribution < 1.29 is 14.7 Å². The Morgan fingerprint density at radius 2 is 1.83 bits per heavy atom. The van der Waals surface area contributed by atoms with E-state index in [-0.39, 0.29) is 30.9 Å². The first-order chi connectivity index (χ1) is 10.9. The van der Waals surface area contributed by atoms with Crippen molar-refractivity contribution in [1.29, 1.82) is 0 Å². The number of nitrogens with one attached hydrogen (secondary N) is 2. The maximum absolute atomic E-state index is 12.4. The summed E-state index contributed by atoms with van der Waals surface area (Å²) >= 11 is 0. The number of carbonyl (C=O) groups is 2. The lowest BCUT2D eigenvalue weighted by atomic mass is 9.97. The molecule has 0 bridgehead atoms. The Hall–Kier alpha value is -1.88. The molecule has 2 amide bonds. The minimum Gasteiger partial charge on any atom is -0.394 e. The van der Waals surface area contributed by atoms with Gasteiger partial charge < -0.3 is 15.7 Å². The van der Waals surface area contributed by atoms with Crippen molar-refractivity contribution in [3.63, 3.8) is 0 Å². The summed E-state index contributed by atoms with van der Waals surface area (Å²) in [6.07, 6.45) is 3.83. The monoisotopic (exact) mass is 318 g/mol. The minimum absolute atomic E-state index is 0.0337. The third-order valence-electron chi connectivity index (χ3n) is 4.51. The van der Waals surface area contributed by atoms with Crippen LogP contribution in [0.15, 0.2) is 24.3 Å². The molecule has 3 N–H and O–H groups in total. The van der Waals surface area contributed by atoms with Crippen LogP contribution in [-0.4, -0.2) is 29.1 Å². The Morgan fingerprint density at radius 1 is 1.22 bits per heavy atom. The third-order valence-corrected chi connectivity index (χ3v) is 4.51. The normalized spacial score (nSPS) is 17.5. The molecule has 1 saturated carbocycles. The number of aryl methyl sites for hydroxylation is 1. The van der Waals surface area contributed by atoms with Gasteiger partial charge in [-0.3, -0.25) is 9.59 Å². The van der Waals surface area contributed by atoms with Gasteiger partial charge in [-0.1, -0.05) is 42.7 Å². The van der Waals surface area contributed by atoms with Crippen LogP contribution >= 0.6 is 0 Å². The second-order valence-electron chi connectivity index (χ2n) is 6.56. The highest BCUT2D eigenvalue weighted by atomic mass is 16.3. The van der Waals surface area contributed by atoms with Crippen molar-refractivity contribution in [2.45, 2.75) is 57.5 Å². The summed E-state index contributed by atoms with van der Waals surface area (Å²) < 4.78 is 0. The van der Waals surface area contributed by atoms with E-state index < -0.39 is 5.54 Å². The van der Waals surface area contributed by atoms with Crippen LogP contribution in [0.1, 0.15) is 56.2 Å². The lowest BCUT2D eigenvalue weighted by Gasteiger charge is -2.29. The molecular formula is C18H26N2O3. The molecule has 0 saturated heterocycles. The molecule has 1 aliphatic rings. The highest BCUT2D eigenvalue weighted by molar-refractivity contribution is 5.79. The molecule has 0 aliphatic heterocycles. The van der Waals surface area contributed by atoms with Crippen LogP contribution in [0.5, 0.6) is 0 Å². The largest absolute Gasteiger partial charge is 0.394 e. The van der Waals surface area contributed by atoms with Crippen LogP contribution in [0.4, 0.5) is 0 Å². The van der Waals surface area contributed by atoms with Crippen molar-refractivity contribution in [3.8, 4) is 0 Å². The number of hydrogen-bond acceptors (Lipinski definition) is 3. The molecule has 1 aromatic rings. The zero-order valence-corrected chi connectivity index (χ0v) is 13.9. The van der Waals surface area contributed by atoms with E-state index in [1.165, 1.54) is 6.92 Å². The average Bonchev–Trinajstić information content (AvgIpc) is 2.96. The van der Waals surface area contributed by atoms with E-state index >= 15 is 0 Å². The fourth-order valence-electron chi connectivity index (χ4n) is 3.20. The van der Waals surface area contributed by atoms with Gasteiger partial charge in [-0.2, -0.15) is 0 Å². The second-order valence-corrected chi connectivity index (χ2v) is 6.56. The zero-order valence-electron chi connectivity index (χ0n) is 13.9. The molecular weight excluding hydrogens is 292 g/mol. The first-order valence-electron chi connectivity index (χ1n) is 8.20. The summed E-state index contributed by atoms with van der Waals surface area (Å²) in [6.45, 7) is 3.41. The van der Waals surface area contributed by atoms with Gasteiger partial charge in [0.25, 0.3) is 0 Å². The number of amides is 2. The van der Waals surface area contributed by atoms with E-state index in [9.17, 15) is 14.7 Å². The van der Waals surface area contributed by atoms with E-state index in [4.69, 9.17) is 0 Å². The maximum Gasteiger partial charge on any atom is 0.222 e. The van der Waals surface area contributed by atoms with Gasteiger partial charge in [0.2, 0.25) is 11.8 Å². The number of carbonyl (C=O) groups excluding carboxylic acids is 2. The molecule has 1 unspecified atom stereocenters. The standard InChI is InChI=1S/C18H26N2O3/c1-13-5-7-15(8-6-13)16(19-14(2)22)11-17(23)20-18(12-21)9-3-4-10-18/h5-8,16,21H,3-4,9-12H2,1-2H3,(H,19,22)(H,20,23). The molecule has 5 nitrogen and oxygen atoms in total. The van der Waals surface area contributed by atoms with Crippen molar-refractivity contribution in [3.05, 3.63) is 35.4 Å². The maximum atomic E-state index is 12.4. The summed E-state index contributed by atoms with van der Waals surface area (Å²) in [5.41, 5.74) is 1.56. The van der Waals surface area contributed by atoms with Gasteiger partial charge >= 0.3 is 0 Å². The van der Waals surface area contributed by atoms with Gasteiger partial charge in [-0.15, -0.1) is 0 Å². The third kappa shape index (κ3) is 4.79. The minimum atomic E-state index is -0.481. The van der Waals surface area contributed by atoms with Crippen LogP contribution in [0.25, 0.3) is 0 Å². The van der Waals surface area contributed by atoms with Gasteiger partial charge in [-0.25, -0.2) is 0 Å². The van der Waals surface area contributed by atoms with Crippen LogP contribution in [-0.2, 0) is 9.59 Å². The highest BCUT2D eigenvalue weighted by Gasteiger charge is 2.35. The lowest BCUT2D eigenvalue weighted by Crippen LogP contribution is -2.50. The van der Waals surface area contributed by atoms with Crippen molar-refractivity contribution in [2.24, 2.45) is 0 Å². The van der Waals surface area contributed by atoms with Crippen molar-refractivity contribution in [1.82, 2.24) is 10.6 Å². The molecule has 23 heavy (non-hydrogen) atoms. The molecule has 2 rings (SSSR count). The highest BCUT2D eigenvalue weighted by Crippen LogP contribution is 2.29. The molecule has 1 fully saturated rings. The smallest absolute Gasteiger partial charge is 0.222 e. The average molecular weight is 318 g/mol. The Bertz CT molecular complexity index is 548. The number of rotatable bonds is 6. The summed E-state index contributed by atoms with van der Waals surface area (Å²) in [5, 5.41) is 15.4. The number of aliphatic hydroxyl groups excluding tert-OH is 1. The predicted octanol–water partition coefficient (Wildman–Crippen LogP) is 1.98. The first-order valence-corrected chi connectivity index (χ1v) is 8.20. The molecule has 126 valence electrons. The Labute approximate surface area is 137 Å². The molecule has 1 aliphatic carbocycles. The van der Waals surface area contributed by atoms with E-state index in [0.29, 0.717) is 0 Å². The van der Waals surface area contributed by atoms with Crippen molar-refractivity contribution >= 4 is 11.8 Å². The molecule has 1 atom stereocenters. The number of hydrogen-bond donors (Lipinski definition) is 3. The van der Waals surface area contributed by atoms with E-state index in [0.717, 1.165) is 36.8 Å². The first kappa shape index (κ1) is 17.5. The van der Waals surface area contributed by atoms with E-state index in [1.807, 2.05) is 31.2 Å². The van der Waals surface area contributed by atoms with Crippen LogP contribution in [0.3, 0.4) is 0 Å². The zero-order chi connectivity index (χ0) is 16.9. The van der Waals surface area contributed by atoms with Gasteiger partial charge in [0.15, 0.2) is 0 Å². The van der Waals surface area contributed by atoms with Crippen LogP contribution in [0, 0.1) is 6.92 Å². The number of aliphatic hydroxyl groups is 1. The molecule has 0 heterocycles. The van der Waals surface area contributed by atoms with Gasteiger partial charge in [-0.05, 0) is 25.3 Å². The molecule has 1 aromatic carbocycles. The number of benzene rings is 1. The summed E-state index contributed by atoms with van der Waals surface area (Å²) in [7, 11) is 0. The topological polar surface area (TPSA) is 78.4 Å². The predicted molar refractivity (Wildman–Crippen MR) is 88.8 cm³/mol. The van der Waals surface area contributed by atoms with Crippen LogP contribution < -0.4 is 10.6 Å². The summed E-state index contributed by atoms with van der Waals surface area (Å²) in [5.74, 6) is -0.304. The summed E-state index contributed by atoms with van der Waals surface area (Å²) in [4.78, 5) is 23.9. The van der Waals surface area contributed by atoms with Gasteiger partial charge in [0.05, 0.1) is 24.6 Å². The lowest BCUT2D eigenvalue weighted by molar-refractivity contribution is -0.124. The Kier molecular flexibility index (Phi) is 5.77. The SMILES string of the molecule is CC(=O)NC(CC(=O)NC1(CO)CCCC1)c1ccc(C)cc1. The fraction of sp³-hybridized carbons (Fsp3) is 0.556. The fourth-order valence-corrected chi connectivity index (χ4v) is 3.20. The van der Waals surface area contributed by atoms with Crippen molar-refractivity contribution in [2.75, 3.05) is 6.61 Å². The van der Waals surface area contributed by atoms with Crippen LogP contribution in [0.2, 0.25) is 0 Å². The molecule has 5 heteroatoms. The Morgan fingerprint density at radius 3 is 2.35 bits per heavy atom. The molecule has 0 aromatic heterocycles. The van der Waals surface area contributed by atoms with Gasteiger partial charge in [0, 0.05) is 6.92 Å². The van der Waals surface area contributed by atoms with E-state index in [2.05, 4.69) is 10.6 Å². The quantitative estimate of drug-likeness (QED) is 0.750. The second kappa shape index (κ2) is 7.59.